The molecule has 3 rings (SSSR count). The minimum absolute atomic E-state index is 0.0375. The molecule has 1 aliphatic heterocycles. The zero-order chi connectivity index (χ0) is 16.4. The first kappa shape index (κ1) is 16.0. The number of carbonyl (C=O) groups excluding carboxylic acids is 1. The van der Waals surface area contributed by atoms with Crippen molar-refractivity contribution in [3.8, 4) is 0 Å². The number of aliphatic hydroxyl groups is 1. The molecule has 124 valence electrons. The number of hydrogen-bond acceptors (Lipinski definition) is 4. The summed E-state index contributed by atoms with van der Waals surface area (Å²) in [7, 11) is 2.03. The topological polar surface area (TPSA) is 84.4 Å². The predicted molar refractivity (Wildman–Crippen MR) is 88.9 cm³/mol. The largest absolute Gasteiger partial charge is 0.388 e. The van der Waals surface area contributed by atoms with Crippen molar-refractivity contribution >= 4 is 16.9 Å². The summed E-state index contributed by atoms with van der Waals surface area (Å²) in [5.74, 6) is 0.597. The van der Waals surface area contributed by atoms with E-state index in [1.54, 1.807) is 0 Å². The van der Waals surface area contributed by atoms with E-state index in [0.29, 0.717) is 13.0 Å². The third-order valence-electron chi connectivity index (χ3n) is 4.67. The number of nitrogens with two attached hydrogens (primary N) is 1. The summed E-state index contributed by atoms with van der Waals surface area (Å²) in [6.45, 7) is 2.25. The van der Waals surface area contributed by atoms with E-state index in [9.17, 15) is 9.90 Å². The summed E-state index contributed by atoms with van der Waals surface area (Å²) in [6.07, 6.45) is 2.37. The van der Waals surface area contributed by atoms with Crippen LogP contribution in [0.15, 0.2) is 24.3 Å². The summed E-state index contributed by atoms with van der Waals surface area (Å²) in [4.78, 5) is 18.0. The third-order valence-corrected chi connectivity index (χ3v) is 4.67. The van der Waals surface area contributed by atoms with Crippen LogP contribution in [-0.2, 0) is 18.3 Å². The maximum Gasteiger partial charge on any atom is 0.220 e. The van der Waals surface area contributed by atoms with Gasteiger partial charge in [0.1, 0.15) is 5.82 Å². The van der Waals surface area contributed by atoms with Crippen molar-refractivity contribution in [1.29, 1.82) is 0 Å². The molecule has 2 heterocycles. The Balaban J connectivity index is 1.65. The molecule has 6 nitrogen and oxygen atoms in total. The van der Waals surface area contributed by atoms with Crippen molar-refractivity contribution in [2.45, 2.75) is 31.3 Å². The Morgan fingerprint density at radius 2 is 2.22 bits per heavy atom. The number of carbonyl (C=O) groups is 1. The molecule has 1 amide bonds. The highest BCUT2D eigenvalue weighted by atomic mass is 16.3. The monoisotopic (exact) mass is 316 g/mol. The zero-order valence-electron chi connectivity index (χ0n) is 13.5. The van der Waals surface area contributed by atoms with Crippen LogP contribution in [0.2, 0.25) is 0 Å². The fourth-order valence-electron chi connectivity index (χ4n) is 3.54. The number of aryl methyl sites for hydroxylation is 1. The smallest absolute Gasteiger partial charge is 0.220 e. The minimum atomic E-state index is -0.976. The van der Waals surface area contributed by atoms with Gasteiger partial charge >= 0.3 is 0 Å². The minimum Gasteiger partial charge on any atom is -0.388 e. The summed E-state index contributed by atoms with van der Waals surface area (Å²) < 4.78 is 2.12. The molecule has 1 atom stereocenters. The fraction of sp³-hybridized carbons (Fsp3) is 0.529. The number of benzene rings is 1. The first-order valence-corrected chi connectivity index (χ1v) is 8.10. The molecule has 1 aromatic carbocycles. The standard InChI is InChI=1S/C17H24N4O2/c1-20-14-6-3-2-5-13(14)19-16(20)7-10-21-9-4-8-17(23,12-21)11-15(18)22/h2-3,5-6,23H,4,7-12H2,1H3,(H2,18,22). The average molecular weight is 316 g/mol. The van der Waals surface area contributed by atoms with Crippen molar-refractivity contribution in [2.24, 2.45) is 12.8 Å². The van der Waals surface area contributed by atoms with E-state index in [2.05, 4.69) is 20.5 Å². The van der Waals surface area contributed by atoms with Crippen molar-refractivity contribution in [3.63, 3.8) is 0 Å². The van der Waals surface area contributed by atoms with Crippen LogP contribution in [0.25, 0.3) is 11.0 Å². The van der Waals surface area contributed by atoms with Crippen LogP contribution >= 0.6 is 0 Å². The van der Waals surface area contributed by atoms with E-state index in [0.717, 1.165) is 42.8 Å². The number of nitrogens with zero attached hydrogens (tertiary/aromatic N) is 3. The lowest BCUT2D eigenvalue weighted by Crippen LogP contribution is -2.50. The van der Waals surface area contributed by atoms with Crippen LogP contribution in [-0.4, -0.2) is 50.7 Å². The van der Waals surface area contributed by atoms with Crippen molar-refractivity contribution in [2.75, 3.05) is 19.6 Å². The second-order valence-corrected chi connectivity index (χ2v) is 6.57. The zero-order valence-corrected chi connectivity index (χ0v) is 13.5. The molecule has 1 fully saturated rings. The summed E-state index contributed by atoms with van der Waals surface area (Å²) in [5, 5.41) is 10.5. The molecule has 0 radical (unpaired) electrons. The molecule has 23 heavy (non-hydrogen) atoms. The van der Waals surface area contributed by atoms with Crippen LogP contribution in [0.4, 0.5) is 0 Å². The number of amides is 1. The van der Waals surface area contributed by atoms with Gasteiger partial charge in [0.2, 0.25) is 5.91 Å². The van der Waals surface area contributed by atoms with Gasteiger partial charge in [-0.2, -0.15) is 0 Å². The fourth-order valence-corrected chi connectivity index (χ4v) is 3.54. The number of likely N-dealkylation sites (tertiary alicyclic amines) is 1. The van der Waals surface area contributed by atoms with Gasteiger partial charge in [0.15, 0.2) is 0 Å². The van der Waals surface area contributed by atoms with E-state index < -0.39 is 11.5 Å². The molecule has 1 aliphatic rings. The quantitative estimate of drug-likeness (QED) is 0.855. The Hall–Kier alpha value is -1.92. The molecule has 0 aliphatic carbocycles. The number of aromatic nitrogens is 2. The highest BCUT2D eigenvalue weighted by molar-refractivity contribution is 5.76. The molecule has 1 saturated heterocycles. The Morgan fingerprint density at radius 1 is 1.43 bits per heavy atom. The molecule has 1 unspecified atom stereocenters. The van der Waals surface area contributed by atoms with Crippen LogP contribution in [0, 0.1) is 0 Å². The molecule has 2 aromatic rings. The Bertz CT molecular complexity index is 712. The molecule has 0 saturated carbocycles. The van der Waals surface area contributed by atoms with Crippen molar-refractivity contribution in [1.82, 2.24) is 14.5 Å². The van der Waals surface area contributed by atoms with Gasteiger partial charge in [-0.15, -0.1) is 0 Å². The van der Waals surface area contributed by atoms with E-state index in [4.69, 9.17) is 5.73 Å². The van der Waals surface area contributed by atoms with Crippen molar-refractivity contribution < 1.29 is 9.90 Å². The maximum atomic E-state index is 11.1. The summed E-state index contributed by atoms with van der Waals surface area (Å²) >= 11 is 0. The molecular weight excluding hydrogens is 292 g/mol. The van der Waals surface area contributed by atoms with Gasteiger partial charge in [-0.3, -0.25) is 4.79 Å². The summed E-state index contributed by atoms with van der Waals surface area (Å²) in [5.41, 5.74) is 6.41. The summed E-state index contributed by atoms with van der Waals surface area (Å²) in [6, 6.07) is 8.10. The van der Waals surface area contributed by atoms with E-state index >= 15 is 0 Å². The Kier molecular flexibility index (Phi) is 4.37. The molecule has 1 aromatic heterocycles. The first-order valence-electron chi connectivity index (χ1n) is 8.10. The Labute approximate surface area is 135 Å². The number of imidazole rings is 1. The molecule has 6 heteroatoms. The van der Waals surface area contributed by atoms with Gasteiger partial charge in [0, 0.05) is 26.6 Å². The number of fused-ring (bicyclic) bond motifs is 1. The lowest BCUT2D eigenvalue weighted by atomic mass is 9.89. The number of primary amides is 1. The maximum absolute atomic E-state index is 11.1. The van der Waals surface area contributed by atoms with E-state index in [1.165, 1.54) is 0 Å². The van der Waals surface area contributed by atoms with Crippen LogP contribution < -0.4 is 5.73 Å². The van der Waals surface area contributed by atoms with Gasteiger partial charge in [0.05, 0.1) is 23.1 Å². The lowest BCUT2D eigenvalue weighted by molar-refractivity contribution is -0.125. The molecule has 0 bridgehead atoms. The van der Waals surface area contributed by atoms with Gasteiger partial charge in [0.25, 0.3) is 0 Å². The van der Waals surface area contributed by atoms with Gasteiger partial charge in [-0.1, -0.05) is 12.1 Å². The van der Waals surface area contributed by atoms with E-state index in [1.807, 2.05) is 25.2 Å². The van der Waals surface area contributed by atoms with Crippen LogP contribution in [0.3, 0.4) is 0 Å². The predicted octanol–water partition coefficient (Wildman–Crippen LogP) is 0.818. The van der Waals surface area contributed by atoms with Crippen molar-refractivity contribution in [3.05, 3.63) is 30.1 Å². The van der Waals surface area contributed by atoms with Gasteiger partial charge in [-0.25, -0.2) is 4.98 Å². The number of para-hydroxylation sites is 2. The molecule has 0 spiro atoms. The number of piperidine rings is 1. The number of rotatable bonds is 5. The van der Waals surface area contributed by atoms with E-state index in [-0.39, 0.29) is 6.42 Å². The second-order valence-electron chi connectivity index (χ2n) is 6.57. The average Bonchev–Trinajstić information content (AvgIpc) is 2.81. The number of hydrogen-bond donors (Lipinski definition) is 2. The highest BCUT2D eigenvalue weighted by Crippen LogP contribution is 2.24. The second kappa shape index (κ2) is 6.29. The lowest BCUT2D eigenvalue weighted by Gasteiger charge is -2.38. The third kappa shape index (κ3) is 3.54. The first-order chi connectivity index (χ1) is 11.0. The number of β-amino-alcohol motifs (C(OH)–C–C–N with tert-alkyl or cyclic N) is 1. The highest BCUT2D eigenvalue weighted by Gasteiger charge is 2.34. The molecule has 3 N–H and O–H groups in total. The SMILES string of the molecule is Cn1c(CCN2CCCC(O)(CC(N)=O)C2)nc2ccccc21. The van der Waals surface area contributed by atoms with Gasteiger partial charge in [-0.05, 0) is 31.5 Å². The molecular formula is C17H24N4O2. The van der Waals surface area contributed by atoms with Crippen LogP contribution in [0.1, 0.15) is 25.1 Å². The Morgan fingerprint density at radius 3 is 2.96 bits per heavy atom. The normalized spacial score (nSPS) is 22.5. The van der Waals surface area contributed by atoms with Gasteiger partial charge < -0.3 is 20.3 Å². The van der Waals surface area contributed by atoms with Crippen LogP contribution in [0.5, 0.6) is 0 Å².